The number of rotatable bonds is 4. The number of hydrogen-bond donors (Lipinski definition) is 1. The lowest BCUT2D eigenvalue weighted by molar-refractivity contribution is -0.165. The van der Waals surface area contributed by atoms with Crippen LogP contribution in [0.2, 0.25) is 0 Å². The molecule has 20 heavy (non-hydrogen) atoms. The number of ether oxygens (including phenoxy) is 2. The number of fused-ring (bicyclic) bond motifs is 1. The molecule has 5 heteroatoms. The highest BCUT2D eigenvalue weighted by atomic mass is 16.5. The molecule has 0 bridgehead atoms. The average Bonchev–Trinajstić information content (AvgIpc) is 2.76. The van der Waals surface area contributed by atoms with Crippen LogP contribution in [-0.4, -0.2) is 24.3 Å². The second-order valence-corrected chi connectivity index (χ2v) is 4.89. The van der Waals surface area contributed by atoms with Crippen LogP contribution in [0, 0.1) is 10.8 Å². The van der Waals surface area contributed by atoms with E-state index in [0.29, 0.717) is 11.1 Å². The smallest absolute Gasteiger partial charge is 0.323 e. The van der Waals surface area contributed by atoms with Crippen LogP contribution in [0.25, 0.3) is 0 Å². The van der Waals surface area contributed by atoms with Crippen LogP contribution in [0.5, 0.6) is 0 Å². The first-order chi connectivity index (χ1) is 9.42. The molecular weight excluding hydrogens is 258 g/mol. The summed E-state index contributed by atoms with van der Waals surface area (Å²) in [5.74, 6) is -0.991. The minimum Gasteiger partial charge on any atom is -0.468 e. The van der Waals surface area contributed by atoms with Gasteiger partial charge in [0.1, 0.15) is 6.10 Å². The largest absolute Gasteiger partial charge is 0.468 e. The van der Waals surface area contributed by atoms with Gasteiger partial charge in [0.2, 0.25) is 5.90 Å². The van der Waals surface area contributed by atoms with Gasteiger partial charge in [0, 0.05) is 11.1 Å². The highest BCUT2D eigenvalue weighted by molar-refractivity contribution is 6.05. The number of benzene rings is 1. The Labute approximate surface area is 117 Å². The maximum atomic E-state index is 12.2. The number of hydrogen-bond acceptors (Lipinski definition) is 5. The maximum Gasteiger partial charge on any atom is 0.323 e. The molecule has 0 spiro atoms. The second kappa shape index (κ2) is 5.07. The van der Waals surface area contributed by atoms with Gasteiger partial charge in [-0.05, 0) is 26.8 Å². The molecule has 1 aliphatic heterocycles. The normalized spacial score (nSPS) is 19.8. The monoisotopic (exact) mass is 275 g/mol. The summed E-state index contributed by atoms with van der Waals surface area (Å²) in [7, 11) is 0. The summed E-state index contributed by atoms with van der Waals surface area (Å²) in [6.07, 6.45) is -0.817. The Balaban J connectivity index is 2.50. The molecule has 2 atom stereocenters. The van der Waals surface area contributed by atoms with E-state index in [9.17, 15) is 9.59 Å². The van der Waals surface area contributed by atoms with E-state index in [0.717, 1.165) is 0 Å². The summed E-state index contributed by atoms with van der Waals surface area (Å²) in [5.41, 5.74) is -0.174. The molecule has 1 aromatic carbocycles. The summed E-state index contributed by atoms with van der Waals surface area (Å²) < 4.78 is 10.5. The van der Waals surface area contributed by atoms with Crippen molar-refractivity contribution in [2.75, 3.05) is 6.61 Å². The van der Waals surface area contributed by atoms with Gasteiger partial charge < -0.3 is 9.47 Å². The summed E-state index contributed by atoms with van der Waals surface area (Å²) in [5, 5.41) is 7.84. The Morgan fingerprint density at radius 1 is 1.40 bits per heavy atom. The van der Waals surface area contributed by atoms with E-state index in [1.807, 2.05) is 0 Å². The first-order valence-electron chi connectivity index (χ1n) is 6.45. The summed E-state index contributed by atoms with van der Waals surface area (Å²) in [6.45, 7) is 4.72. The van der Waals surface area contributed by atoms with Crippen LogP contribution in [-0.2, 0) is 19.1 Å². The Bertz CT molecular complexity index is 581. The molecule has 1 aliphatic rings. The number of esters is 1. The summed E-state index contributed by atoms with van der Waals surface area (Å²) in [4.78, 5) is 24.3. The molecule has 1 heterocycles. The standard InChI is InChI=1S/C15H17NO4/c1-4-19-14(18)15(3,9(2)17)12-10-7-5-6-8-11(10)13(16)20-12/h5-8,12,16H,4H2,1-3H3. The van der Waals surface area contributed by atoms with E-state index < -0.39 is 17.5 Å². The Morgan fingerprint density at radius 3 is 2.65 bits per heavy atom. The number of ketones is 1. The van der Waals surface area contributed by atoms with Crippen molar-refractivity contribution in [2.45, 2.75) is 26.9 Å². The molecule has 2 rings (SSSR count). The molecule has 1 N–H and O–H groups in total. The van der Waals surface area contributed by atoms with E-state index in [1.165, 1.54) is 13.8 Å². The highest BCUT2D eigenvalue weighted by Crippen LogP contribution is 2.44. The molecule has 0 aromatic heterocycles. The predicted molar refractivity (Wildman–Crippen MR) is 72.5 cm³/mol. The quantitative estimate of drug-likeness (QED) is 0.675. The number of carbonyl (C=O) groups excluding carboxylic acids is 2. The van der Waals surface area contributed by atoms with E-state index in [-0.39, 0.29) is 18.3 Å². The predicted octanol–water partition coefficient (Wildman–Crippen LogP) is 2.24. The molecule has 0 amide bonds. The fourth-order valence-electron chi connectivity index (χ4n) is 2.32. The van der Waals surface area contributed by atoms with Crippen molar-refractivity contribution < 1.29 is 19.1 Å². The minimum absolute atomic E-state index is 0.0256. The molecule has 0 saturated carbocycles. The van der Waals surface area contributed by atoms with Gasteiger partial charge in [-0.3, -0.25) is 15.0 Å². The lowest BCUT2D eigenvalue weighted by Gasteiger charge is -2.30. The second-order valence-electron chi connectivity index (χ2n) is 4.89. The lowest BCUT2D eigenvalue weighted by atomic mass is 9.77. The third-order valence-electron chi connectivity index (χ3n) is 3.68. The van der Waals surface area contributed by atoms with Gasteiger partial charge in [-0.25, -0.2) is 0 Å². The van der Waals surface area contributed by atoms with Gasteiger partial charge in [0.25, 0.3) is 0 Å². The third-order valence-corrected chi connectivity index (χ3v) is 3.68. The van der Waals surface area contributed by atoms with Crippen molar-refractivity contribution in [2.24, 2.45) is 5.41 Å². The van der Waals surface area contributed by atoms with Crippen LogP contribution in [0.3, 0.4) is 0 Å². The molecule has 0 fully saturated rings. The van der Waals surface area contributed by atoms with Gasteiger partial charge >= 0.3 is 5.97 Å². The van der Waals surface area contributed by atoms with E-state index in [4.69, 9.17) is 14.9 Å². The Hall–Kier alpha value is -2.17. The highest BCUT2D eigenvalue weighted by Gasteiger charge is 2.53. The number of nitrogens with one attached hydrogen (secondary N) is 1. The van der Waals surface area contributed by atoms with Crippen LogP contribution >= 0.6 is 0 Å². The first kappa shape index (κ1) is 14.2. The zero-order valence-corrected chi connectivity index (χ0v) is 11.7. The zero-order chi connectivity index (χ0) is 14.9. The van der Waals surface area contributed by atoms with Gasteiger partial charge in [0.05, 0.1) is 6.61 Å². The molecule has 1 aromatic rings. The summed E-state index contributed by atoms with van der Waals surface area (Å²) in [6, 6.07) is 7.08. The molecular formula is C15H17NO4. The van der Waals surface area contributed by atoms with Crippen LogP contribution < -0.4 is 0 Å². The Morgan fingerprint density at radius 2 is 2.05 bits per heavy atom. The zero-order valence-electron chi connectivity index (χ0n) is 11.7. The van der Waals surface area contributed by atoms with Crippen LogP contribution in [0.4, 0.5) is 0 Å². The van der Waals surface area contributed by atoms with Gasteiger partial charge in [-0.1, -0.05) is 18.2 Å². The third kappa shape index (κ3) is 1.99. The molecule has 0 radical (unpaired) electrons. The molecule has 5 nitrogen and oxygen atoms in total. The number of carbonyl (C=O) groups is 2. The molecule has 0 aliphatic carbocycles. The molecule has 0 saturated heterocycles. The van der Waals surface area contributed by atoms with Gasteiger partial charge in [0.15, 0.2) is 11.2 Å². The van der Waals surface area contributed by atoms with Crippen molar-refractivity contribution in [3.8, 4) is 0 Å². The van der Waals surface area contributed by atoms with E-state index in [1.54, 1.807) is 31.2 Å². The Kier molecular flexibility index (Phi) is 3.61. The van der Waals surface area contributed by atoms with Gasteiger partial charge in [-0.2, -0.15) is 0 Å². The van der Waals surface area contributed by atoms with Crippen molar-refractivity contribution in [3.05, 3.63) is 35.4 Å². The molecule has 106 valence electrons. The van der Waals surface area contributed by atoms with Crippen LogP contribution in [0.15, 0.2) is 24.3 Å². The van der Waals surface area contributed by atoms with Crippen LogP contribution in [0.1, 0.15) is 38.0 Å². The van der Waals surface area contributed by atoms with Crippen molar-refractivity contribution in [3.63, 3.8) is 0 Å². The lowest BCUT2D eigenvalue weighted by Crippen LogP contribution is -2.42. The minimum atomic E-state index is -1.45. The molecule has 2 unspecified atom stereocenters. The maximum absolute atomic E-state index is 12.2. The average molecular weight is 275 g/mol. The van der Waals surface area contributed by atoms with Crippen molar-refractivity contribution >= 4 is 17.7 Å². The van der Waals surface area contributed by atoms with E-state index in [2.05, 4.69) is 0 Å². The number of Topliss-reactive ketones (excluding diaryl/α,β-unsaturated/α-hetero) is 1. The van der Waals surface area contributed by atoms with Gasteiger partial charge in [-0.15, -0.1) is 0 Å². The van der Waals surface area contributed by atoms with E-state index >= 15 is 0 Å². The SMILES string of the molecule is CCOC(=O)C(C)(C(C)=O)C1OC(=N)c2ccccc21. The van der Waals surface area contributed by atoms with Crippen molar-refractivity contribution in [1.29, 1.82) is 5.41 Å². The fourth-order valence-corrected chi connectivity index (χ4v) is 2.32. The van der Waals surface area contributed by atoms with Crippen molar-refractivity contribution in [1.82, 2.24) is 0 Å². The topological polar surface area (TPSA) is 76.5 Å². The summed E-state index contributed by atoms with van der Waals surface area (Å²) >= 11 is 0. The fraction of sp³-hybridized carbons (Fsp3) is 0.400. The first-order valence-corrected chi connectivity index (χ1v) is 6.45.